The summed E-state index contributed by atoms with van der Waals surface area (Å²) in [5.74, 6) is 5.36. The molecular formula is C14H14BrFN2O. The Balaban J connectivity index is 2.45. The van der Waals surface area contributed by atoms with E-state index >= 15 is 0 Å². The van der Waals surface area contributed by atoms with Gasteiger partial charge in [0.25, 0.3) is 0 Å². The van der Waals surface area contributed by atoms with Gasteiger partial charge in [0.2, 0.25) is 0 Å². The lowest BCUT2D eigenvalue weighted by Crippen LogP contribution is -2.29. The van der Waals surface area contributed by atoms with Gasteiger partial charge >= 0.3 is 0 Å². The van der Waals surface area contributed by atoms with Crippen molar-refractivity contribution in [3.8, 4) is 5.75 Å². The summed E-state index contributed by atoms with van der Waals surface area (Å²) in [7, 11) is 1.44. The summed E-state index contributed by atoms with van der Waals surface area (Å²) in [5, 5.41) is 0. The van der Waals surface area contributed by atoms with Crippen LogP contribution in [0.5, 0.6) is 5.75 Å². The molecule has 0 fully saturated rings. The molecule has 0 aromatic heterocycles. The summed E-state index contributed by atoms with van der Waals surface area (Å²) in [5.41, 5.74) is 3.96. The number of hydrazine groups is 1. The van der Waals surface area contributed by atoms with Gasteiger partial charge in [-0.2, -0.15) is 0 Å². The Morgan fingerprint density at radius 3 is 2.47 bits per heavy atom. The Labute approximate surface area is 119 Å². The first-order valence-corrected chi connectivity index (χ1v) is 6.50. The third-order valence-electron chi connectivity index (χ3n) is 2.89. The Morgan fingerprint density at radius 2 is 1.89 bits per heavy atom. The molecule has 100 valence electrons. The van der Waals surface area contributed by atoms with Crippen LogP contribution in [0.25, 0.3) is 0 Å². The lowest BCUT2D eigenvalue weighted by Gasteiger charge is -2.18. The number of hydrogen-bond donors (Lipinski definition) is 2. The first kappa shape index (κ1) is 14.0. The molecule has 1 atom stereocenters. The Hall–Kier alpha value is -1.43. The molecule has 3 N–H and O–H groups in total. The maximum Gasteiger partial charge on any atom is 0.170 e. The number of nitrogens with one attached hydrogen (secondary N) is 1. The maximum absolute atomic E-state index is 14.2. The van der Waals surface area contributed by atoms with Gasteiger partial charge in [0, 0.05) is 10.0 Å². The van der Waals surface area contributed by atoms with Crippen molar-refractivity contribution >= 4 is 15.9 Å². The van der Waals surface area contributed by atoms with Crippen LogP contribution in [-0.2, 0) is 0 Å². The molecule has 0 amide bonds. The highest BCUT2D eigenvalue weighted by atomic mass is 79.9. The number of ether oxygens (including phenoxy) is 1. The Bertz CT molecular complexity index is 560. The molecule has 1 unspecified atom stereocenters. The van der Waals surface area contributed by atoms with E-state index in [1.54, 1.807) is 18.2 Å². The van der Waals surface area contributed by atoms with Crippen LogP contribution < -0.4 is 16.0 Å². The molecule has 2 aromatic carbocycles. The zero-order valence-electron chi connectivity index (χ0n) is 10.4. The van der Waals surface area contributed by atoms with Gasteiger partial charge in [-0.1, -0.05) is 40.2 Å². The molecule has 0 heterocycles. The summed E-state index contributed by atoms with van der Waals surface area (Å²) >= 11 is 3.36. The number of hydrogen-bond acceptors (Lipinski definition) is 3. The predicted molar refractivity (Wildman–Crippen MR) is 76.3 cm³/mol. The van der Waals surface area contributed by atoms with E-state index in [9.17, 15) is 4.39 Å². The van der Waals surface area contributed by atoms with E-state index in [2.05, 4.69) is 21.4 Å². The van der Waals surface area contributed by atoms with Gasteiger partial charge in [-0.15, -0.1) is 0 Å². The van der Waals surface area contributed by atoms with E-state index < -0.39 is 11.9 Å². The molecule has 2 aromatic rings. The molecule has 0 aliphatic rings. The number of nitrogens with two attached hydrogens (primary N) is 1. The number of benzene rings is 2. The normalized spacial score (nSPS) is 12.2. The highest BCUT2D eigenvalue weighted by Gasteiger charge is 2.18. The van der Waals surface area contributed by atoms with Crippen LogP contribution in [0.15, 0.2) is 46.9 Å². The van der Waals surface area contributed by atoms with Crippen molar-refractivity contribution in [1.82, 2.24) is 5.43 Å². The van der Waals surface area contributed by atoms with Crippen LogP contribution in [0.1, 0.15) is 17.2 Å². The predicted octanol–water partition coefficient (Wildman–Crippen LogP) is 3.15. The van der Waals surface area contributed by atoms with Gasteiger partial charge in [-0.3, -0.25) is 5.84 Å². The third kappa shape index (κ3) is 2.94. The minimum Gasteiger partial charge on any atom is -0.494 e. The van der Waals surface area contributed by atoms with Gasteiger partial charge in [0.05, 0.1) is 13.2 Å². The van der Waals surface area contributed by atoms with Crippen molar-refractivity contribution in [1.29, 1.82) is 0 Å². The zero-order chi connectivity index (χ0) is 13.8. The van der Waals surface area contributed by atoms with Crippen molar-refractivity contribution in [2.45, 2.75) is 6.04 Å². The minimum atomic E-state index is -0.428. The fourth-order valence-electron chi connectivity index (χ4n) is 1.93. The second-order valence-corrected chi connectivity index (χ2v) is 4.93. The first-order valence-electron chi connectivity index (χ1n) is 5.71. The Kier molecular flexibility index (Phi) is 4.52. The fourth-order valence-corrected chi connectivity index (χ4v) is 2.19. The van der Waals surface area contributed by atoms with Gasteiger partial charge < -0.3 is 4.74 Å². The van der Waals surface area contributed by atoms with E-state index in [-0.39, 0.29) is 5.75 Å². The lowest BCUT2D eigenvalue weighted by molar-refractivity contribution is 0.381. The molecular weight excluding hydrogens is 311 g/mol. The van der Waals surface area contributed by atoms with Crippen molar-refractivity contribution in [3.05, 3.63) is 63.9 Å². The van der Waals surface area contributed by atoms with Gasteiger partial charge in [-0.25, -0.2) is 9.82 Å². The Morgan fingerprint density at radius 1 is 1.21 bits per heavy atom. The van der Waals surface area contributed by atoms with Crippen molar-refractivity contribution in [3.63, 3.8) is 0 Å². The molecule has 2 rings (SSSR count). The molecule has 0 aliphatic heterocycles. The molecule has 0 saturated heterocycles. The van der Waals surface area contributed by atoms with Gasteiger partial charge in [-0.05, 0) is 23.8 Å². The summed E-state index contributed by atoms with van der Waals surface area (Å²) in [6.07, 6.45) is 0. The van der Waals surface area contributed by atoms with Crippen LogP contribution in [0.2, 0.25) is 0 Å². The zero-order valence-corrected chi connectivity index (χ0v) is 11.9. The van der Waals surface area contributed by atoms with Crippen LogP contribution in [0, 0.1) is 5.82 Å². The van der Waals surface area contributed by atoms with Crippen LogP contribution in [0.3, 0.4) is 0 Å². The highest BCUT2D eigenvalue weighted by molar-refractivity contribution is 9.10. The minimum absolute atomic E-state index is 0.204. The lowest BCUT2D eigenvalue weighted by atomic mass is 9.98. The molecule has 0 spiro atoms. The van der Waals surface area contributed by atoms with E-state index in [1.165, 1.54) is 7.11 Å². The molecule has 19 heavy (non-hydrogen) atoms. The van der Waals surface area contributed by atoms with Crippen molar-refractivity contribution in [2.75, 3.05) is 7.11 Å². The highest BCUT2D eigenvalue weighted by Crippen LogP contribution is 2.29. The second-order valence-electron chi connectivity index (χ2n) is 4.01. The largest absolute Gasteiger partial charge is 0.494 e. The number of rotatable bonds is 4. The second kappa shape index (κ2) is 6.14. The van der Waals surface area contributed by atoms with Gasteiger partial charge in [0.1, 0.15) is 0 Å². The van der Waals surface area contributed by atoms with E-state index in [0.29, 0.717) is 5.56 Å². The van der Waals surface area contributed by atoms with Gasteiger partial charge in [0.15, 0.2) is 11.6 Å². The maximum atomic E-state index is 14.2. The average molecular weight is 325 g/mol. The summed E-state index contributed by atoms with van der Waals surface area (Å²) in [6, 6.07) is 12.1. The van der Waals surface area contributed by atoms with Crippen molar-refractivity contribution < 1.29 is 9.13 Å². The van der Waals surface area contributed by atoms with Crippen LogP contribution in [-0.4, -0.2) is 7.11 Å². The summed E-state index contributed by atoms with van der Waals surface area (Å²) < 4.78 is 20.2. The molecule has 0 bridgehead atoms. The molecule has 5 heteroatoms. The van der Waals surface area contributed by atoms with E-state index in [4.69, 9.17) is 10.6 Å². The third-order valence-corrected chi connectivity index (χ3v) is 3.42. The van der Waals surface area contributed by atoms with Crippen molar-refractivity contribution in [2.24, 2.45) is 5.84 Å². The average Bonchev–Trinajstić information content (AvgIpc) is 2.43. The topological polar surface area (TPSA) is 47.3 Å². The fraction of sp³-hybridized carbons (Fsp3) is 0.143. The number of methoxy groups -OCH3 is 1. The number of halogens is 2. The monoisotopic (exact) mass is 324 g/mol. The molecule has 0 aliphatic carbocycles. The van der Waals surface area contributed by atoms with E-state index in [1.807, 2.05) is 24.3 Å². The summed E-state index contributed by atoms with van der Waals surface area (Å²) in [4.78, 5) is 0. The SMILES string of the molecule is COc1cccc(C(NN)c2ccc(Br)cc2)c1F. The first-order chi connectivity index (χ1) is 9.17. The molecule has 0 saturated carbocycles. The van der Waals surface area contributed by atoms with Crippen LogP contribution in [0.4, 0.5) is 4.39 Å². The molecule has 0 radical (unpaired) electrons. The van der Waals surface area contributed by atoms with E-state index in [0.717, 1.165) is 10.0 Å². The standard InChI is InChI=1S/C14H14BrFN2O/c1-19-12-4-2-3-11(13(12)16)14(18-17)9-5-7-10(15)8-6-9/h2-8,14,18H,17H2,1H3. The smallest absolute Gasteiger partial charge is 0.170 e. The summed E-state index contributed by atoms with van der Waals surface area (Å²) in [6.45, 7) is 0. The van der Waals surface area contributed by atoms with Crippen LogP contribution >= 0.6 is 15.9 Å². The quantitative estimate of drug-likeness (QED) is 0.671. The molecule has 3 nitrogen and oxygen atoms in total.